The number of hydrogen-bond acceptors (Lipinski definition) is 4. The Kier molecular flexibility index (Phi) is 4.95. The molecule has 1 heterocycles. The van der Waals surface area contributed by atoms with Crippen molar-refractivity contribution in [3.8, 4) is 6.07 Å². The molecule has 0 spiro atoms. The van der Waals surface area contributed by atoms with E-state index in [1.54, 1.807) is 24.4 Å². The van der Waals surface area contributed by atoms with Gasteiger partial charge in [0.15, 0.2) is 0 Å². The molecule has 0 aliphatic rings. The summed E-state index contributed by atoms with van der Waals surface area (Å²) in [6.45, 7) is 3.91. The molecule has 0 saturated heterocycles. The molecule has 3 rings (SSSR count). The maximum atomic E-state index is 12.6. The first kappa shape index (κ1) is 17.2. The number of anilines is 3. The highest BCUT2D eigenvalue weighted by Crippen LogP contribution is 2.22. The number of carbonyl (C=O) groups is 1. The number of nitrogens with zero attached hydrogens (tertiary/aromatic N) is 2. The first-order chi connectivity index (χ1) is 12.6. The third-order valence-corrected chi connectivity index (χ3v) is 4.05. The molecular weight excluding hydrogens is 324 g/mol. The van der Waals surface area contributed by atoms with E-state index in [0.29, 0.717) is 22.5 Å². The van der Waals surface area contributed by atoms with Crippen molar-refractivity contribution >= 4 is 23.0 Å². The third kappa shape index (κ3) is 3.70. The van der Waals surface area contributed by atoms with E-state index in [-0.39, 0.29) is 5.91 Å². The van der Waals surface area contributed by atoms with Gasteiger partial charge >= 0.3 is 0 Å². The van der Waals surface area contributed by atoms with Gasteiger partial charge in [0.05, 0.1) is 28.7 Å². The normalized spacial score (nSPS) is 10.0. The second-order valence-corrected chi connectivity index (χ2v) is 5.97. The molecule has 0 aliphatic carbocycles. The summed E-state index contributed by atoms with van der Waals surface area (Å²) in [4.78, 5) is 16.8. The van der Waals surface area contributed by atoms with Gasteiger partial charge in [0.1, 0.15) is 6.07 Å². The fourth-order valence-corrected chi connectivity index (χ4v) is 2.67. The van der Waals surface area contributed by atoms with Gasteiger partial charge in [-0.2, -0.15) is 5.26 Å². The highest BCUT2D eigenvalue weighted by Gasteiger charge is 2.11. The van der Waals surface area contributed by atoms with E-state index >= 15 is 0 Å². The quantitative estimate of drug-likeness (QED) is 0.728. The fourth-order valence-electron chi connectivity index (χ4n) is 2.67. The molecule has 0 aliphatic heterocycles. The van der Waals surface area contributed by atoms with Crippen molar-refractivity contribution in [1.82, 2.24) is 4.98 Å². The smallest absolute Gasteiger partial charge is 0.257 e. The van der Waals surface area contributed by atoms with Crippen molar-refractivity contribution in [2.45, 2.75) is 13.8 Å². The van der Waals surface area contributed by atoms with Crippen molar-refractivity contribution in [1.29, 1.82) is 5.26 Å². The van der Waals surface area contributed by atoms with Crippen LogP contribution in [0.15, 0.2) is 60.9 Å². The van der Waals surface area contributed by atoms with Crippen molar-refractivity contribution in [2.24, 2.45) is 0 Å². The molecular formula is C21H18N4O. The Bertz CT molecular complexity index is 985. The topological polar surface area (TPSA) is 77.8 Å². The Hall–Kier alpha value is -3.65. The lowest BCUT2D eigenvalue weighted by Gasteiger charge is -2.12. The van der Waals surface area contributed by atoms with E-state index in [0.717, 1.165) is 16.8 Å². The largest absolute Gasteiger partial charge is 0.353 e. The maximum Gasteiger partial charge on any atom is 0.257 e. The number of nitrogens with one attached hydrogen (secondary N) is 2. The molecule has 0 saturated carbocycles. The number of benzene rings is 2. The first-order valence-corrected chi connectivity index (χ1v) is 8.17. The van der Waals surface area contributed by atoms with Gasteiger partial charge in [0, 0.05) is 11.9 Å². The van der Waals surface area contributed by atoms with Gasteiger partial charge in [-0.15, -0.1) is 0 Å². The zero-order valence-corrected chi connectivity index (χ0v) is 14.6. The van der Waals surface area contributed by atoms with Gasteiger partial charge in [0.25, 0.3) is 5.91 Å². The van der Waals surface area contributed by atoms with Crippen molar-refractivity contribution in [3.63, 3.8) is 0 Å². The minimum atomic E-state index is -0.230. The van der Waals surface area contributed by atoms with Crippen molar-refractivity contribution in [2.75, 3.05) is 10.6 Å². The lowest BCUT2D eigenvalue weighted by molar-refractivity contribution is 0.102. The van der Waals surface area contributed by atoms with E-state index < -0.39 is 0 Å². The van der Waals surface area contributed by atoms with Crippen LogP contribution in [-0.2, 0) is 0 Å². The first-order valence-electron chi connectivity index (χ1n) is 8.17. The molecule has 5 nitrogen and oxygen atoms in total. The number of aromatic nitrogens is 1. The summed E-state index contributed by atoms with van der Waals surface area (Å²) in [5.74, 6) is -0.230. The number of aryl methyl sites for hydroxylation is 2. The minimum Gasteiger partial charge on any atom is -0.353 e. The summed E-state index contributed by atoms with van der Waals surface area (Å²) in [5.41, 5.74) is 5.09. The fraction of sp³-hybridized carbons (Fsp3) is 0.0952. The second-order valence-electron chi connectivity index (χ2n) is 5.97. The van der Waals surface area contributed by atoms with Crippen LogP contribution in [0.1, 0.15) is 27.0 Å². The van der Waals surface area contributed by atoms with Crippen LogP contribution in [0, 0.1) is 25.2 Å². The van der Waals surface area contributed by atoms with Crippen LogP contribution in [0.25, 0.3) is 0 Å². The third-order valence-electron chi connectivity index (χ3n) is 4.05. The van der Waals surface area contributed by atoms with E-state index in [9.17, 15) is 10.1 Å². The molecule has 2 aromatic carbocycles. The molecule has 5 heteroatoms. The summed E-state index contributed by atoms with van der Waals surface area (Å²) in [7, 11) is 0. The van der Waals surface area contributed by atoms with Gasteiger partial charge in [-0.1, -0.05) is 30.3 Å². The SMILES string of the molecule is Cc1cccc(C)c1NC(=O)c1cncc(Nc2ccccc2C#N)c1. The molecule has 0 bridgehead atoms. The van der Waals surface area contributed by atoms with E-state index in [1.165, 1.54) is 6.20 Å². The zero-order chi connectivity index (χ0) is 18.5. The second kappa shape index (κ2) is 7.49. The Balaban J connectivity index is 1.83. The number of hydrogen-bond donors (Lipinski definition) is 2. The summed E-state index contributed by atoms with van der Waals surface area (Å²) >= 11 is 0. The van der Waals surface area contributed by atoms with E-state index in [2.05, 4.69) is 21.7 Å². The van der Waals surface area contributed by atoms with Crippen LogP contribution >= 0.6 is 0 Å². The van der Waals surface area contributed by atoms with Crippen LogP contribution in [0.4, 0.5) is 17.1 Å². The van der Waals surface area contributed by atoms with Crippen molar-refractivity contribution < 1.29 is 4.79 Å². The number of carbonyl (C=O) groups excluding carboxylic acids is 1. The van der Waals surface area contributed by atoms with E-state index in [1.807, 2.05) is 44.2 Å². The monoisotopic (exact) mass is 342 g/mol. The average Bonchev–Trinajstić information content (AvgIpc) is 2.65. The molecule has 0 atom stereocenters. The predicted molar refractivity (Wildman–Crippen MR) is 103 cm³/mol. The minimum absolute atomic E-state index is 0.230. The van der Waals surface area contributed by atoms with Crippen molar-refractivity contribution in [3.05, 3.63) is 83.2 Å². The van der Waals surface area contributed by atoms with Gasteiger partial charge in [0.2, 0.25) is 0 Å². The van der Waals surface area contributed by atoms with Gasteiger partial charge in [-0.25, -0.2) is 0 Å². The van der Waals surface area contributed by atoms with Crippen LogP contribution in [0.5, 0.6) is 0 Å². The highest BCUT2D eigenvalue weighted by molar-refractivity contribution is 6.05. The number of rotatable bonds is 4. The Labute approximate surface area is 152 Å². The molecule has 1 aromatic heterocycles. The van der Waals surface area contributed by atoms with Gasteiger partial charge in [-0.3, -0.25) is 9.78 Å². The van der Waals surface area contributed by atoms with Crippen LogP contribution in [0.3, 0.4) is 0 Å². The lowest BCUT2D eigenvalue weighted by Crippen LogP contribution is -2.14. The summed E-state index contributed by atoms with van der Waals surface area (Å²) in [5, 5.41) is 15.3. The van der Waals surface area contributed by atoms with Crippen LogP contribution in [0.2, 0.25) is 0 Å². The molecule has 3 aromatic rings. The summed E-state index contributed by atoms with van der Waals surface area (Å²) in [6.07, 6.45) is 3.13. The number of nitriles is 1. The van der Waals surface area contributed by atoms with E-state index in [4.69, 9.17) is 0 Å². The molecule has 128 valence electrons. The number of pyridine rings is 1. The zero-order valence-electron chi connectivity index (χ0n) is 14.6. The Morgan fingerprint density at radius 3 is 2.50 bits per heavy atom. The standard InChI is InChI=1S/C21H18N4O/c1-14-6-5-7-15(2)20(14)25-21(26)17-10-18(13-23-12-17)24-19-9-4-3-8-16(19)11-22/h3-10,12-13,24H,1-2H3,(H,25,26). The predicted octanol–water partition coefficient (Wildman–Crippen LogP) is 4.57. The van der Waals surface area contributed by atoms with Gasteiger partial charge < -0.3 is 10.6 Å². The lowest BCUT2D eigenvalue weighted by atomic mass is 10.1. The number of amides is 1. The molecule has 1 amide bonds. The average molecular weight is 342 g/mol. The van der Waals surface area contributed by atoms with Crippen LogP contribution in [-0.4, -0.2) is 10.9 Å². The maximum absolute atomic E-state index is 12.6. The molecule has 2 N–H and O–H groups in total. The Morgan fingerprint density at radius 1 is 1.04 bits per heavy atom. The van der Waals surface area contributed by atoms with Crippen LogP contribution < -0.4 is 10.6 Å². The van der Waals surface area contributed by atoms with Gasteiger partial charge in [-0.05, 0) is 43.2 Å². The summed E-state index contributed by atoms with van der Waals surface area (Å²) < 4.78 is 0. The molecule has 0 radical (unpaired) electrons. The molecule has 26 heavy (non-hydrogen) atoms. The highest BCUT2D eigenvalue weighted by atomic mass is 16.1. The molecule has 0 unspecified atom stereocenters. The molecule has 0 fully saturated rings. The Morgan fingerprint density at radius 2 is 1.77 bits per heavy atom. The number of para-hydroxylation sites is 2. The summed E-state index contributed by atoms with van der Waals surface area (Å²) in [6, 6.07) is 16.9.